The molecule has 0 spiro atoms. The van der Waals surface area contributed by atoms with Crippen LogP contribution < -0.4 is 134 Å². The van der Waals surface area contributed by atoms with Gasteiger partial charge in [-0.15, -0.1) is 0 Å². The Balaban J connectivity index is 7.42. The second-order valence-electron chi connectivity index (χ2n) is 21.1. The molecule has 0 aromatic heterocycles. The molecule has 0 aromatic rings. The minimum atomic E-state index is -1.78. The Labute approximate surface area is 537 Å². The van der Waals surface area contributed by atoms with Gasteiger partial charge >= 0.3 is 5.97 Å². The normalized spacial score (nSPS) is 13.6. The Morgan fingerprint density at radius 1 is 0.290 bits per heavy atom. The van der Waals surface area contributed by atoms with Crippen molar-refractivity contribution in [2.75, 3.05) is 45.8 Å². The number of nitrogens with zero attached hydrogens (tertiary/aromatic N) is 6. The largest absolute Gasteiger partial charge is 0.480 e. The van der Waals surface area contributed by atoms with E-state index >= 15 is 0 Å². The number of hydrogen-bond donors (Lipinski definition) is 25. The SMILES string of the molecule is NCCCC[C@H](NC(=O)[C@H](N)CCCN=C(N)N)C(=O)N[C@@H](CC(N)=O)C(=O)N[C@@H](CCCN=C(N)N)C(=O)N[C@H](CCCN=C(N)N)C(=O)N[C@@H](CCC(N)=O)C(=O)N[C@@H](CCCN=C(N)N)C(=O)N[C@@H](CCCN=C(N)N)C(=O)N[C@H](CCCN=C(N)N)C(=O)O. The van der Waals surface area contributed by atoms with Crippen molar-refractivity contribution in [3.8, 4) is 0 Å². The maximum absolute atomic E-state index is 14.6. The zero-order chi connectivity index (χ0) is 70.6. The number of aliphatic carboxylic acids is 1. The monoisotopic (exact) mass is 1320 g/mol. The molecule has 42 heteroatoms. The predicted molar refractivity (Wildman–Crippen MR) is 346 cm³/mol. The number of hydrogen-bond acceptors (Lipinski definition) is 19. The molecular formula is C51H100N30O12. The van der Waals surface area contributed by atoms with Crippen molar-refractivity contribution in [3.05, 3.63) is 0 Å². The van der Waals surface area contributed by atoms with Crippen LogP contribution in [0.15, 0.2) is 30.0 Å². The van der Waals surface area contributed by atoms with Crippen molar-refractivity contribution in [1.82, 2.24) is 42.5 Å². The van der Waals surface area contributed by atoms with Gasteiger partial charge < -0.3 is 139 Å². The molecule has 526 valence electrons. The first kappa shape index (κ1) is 82.7. The highest BCUT2D eigenvalue weighted by molar-refractivity contribution is 5.99. The number of amides is 10. The minimum absolute atomic E-state index is 0.00170. The van der Waals surface area contributed by atoms with Crippen molar-refractivity contribution in [1.29, 1.82) is 0 Å². The van der Waals surface area contributed by atoms with Crippen LogP contribution in [0.5, 0.6) is 0 Å². The second-order valence-corrected chi connectivity index (χ2v) is 21.1. The van der Waals surface area contributed by atoms with Gasteiger partial charge in [0.05, 0.1) is 12.5 Å². The fraction of sp³-hybridized carbons (Fsp3) is 0.667. The zero-order valence-corrected chi connectivity index (χ0v) is 52.2. The Morgan fingerprint density at radius 3 is 0.796 bits per heavy atom. The van der Waals surface area contributed by atoms with Crippen LogP contribution in [0.3, 0.4) is 0 Å². The molecule has 93 heavy (non-hydrogen) atoms. The summed E-state index contributed by atoms with van der Waals surface area (Å²) >= 11 is 0. The van der Waals surface area contributed by atoms with E-state index in [2.05, 4.69) is 72.5 Å². The average Bonchev–Trinajstić information content (AvgIpc) is 3.67. The van der Waals surface area contributed by atoms with Crippen molar-refractivity contribution < 1.29 is 57.8 Å². The standard InChI is InChI=1S/C51H100N30O12/c52-18-2-1-10-27(74-37(84)26(53)9-3-19-68-46(56)57)42(89)81-34(25-36(55)83)44(91)78-30(13-6-22-71-49(62)63)39(86)75-29(12-5-21-70-48(60)61)40(87)79-32(16-17-35(54)82)43(90)77-28(11-4-20-69-47(58)59)38(85)76-31(14-7-23-72-50(64)65)41(88)80-33(45(92)93)15-8-24-73-51(66)67/h26-34H,1-25,52-53H2,(H2,54,82)(H2,55,83)(H,74,84)(H,75,86)(H,76,85)(H,77,90)(H,78,91)(H,79,87)(H,80,88)(H,81,89)(H,92,93)(H4,56,57,68)(H4,58,59,69)(H4,60,61,70)(H4,62,63,71)(H4,64,65,72)(H4,66,67,73)/t26-,27+,28+,29-,30+,31+,32+,33-,34+/m1/s1. The molecule has 0 bridgehead atoms. The molecule has 0 saturated heterocycles. The van der Waals surface area contributed by atoms with Crippen molar-refractivity contribution in [2.24, 2.45) is 122 Å². The van der Waals surface area contributed by atoms with Crippen molar-refractivity contribution in [2.45, 2.75) is 170 Å². The molecule has 0 heterocycles. The van der Waals surface area contributed by atoms with E-state index in [1.165, 1.54) is 0 Å². The molecule has 0 rings (SSSR count). The number of nitrogens with one attached hydrogen (secondary N) is 8. The van der Waals surface area contributed by atoms with Crippen LogP contribution in [-0.2, 0) is 52.7 Å². The number of unbranched alkanes of at least 4 members (excludes halogenated alkanes) is 1. The van der Waals surface area contributed by atoms with Crippen LogP contribution in [0, 0.1) is 0 Å². The molecule has 0 unspecified atom stereocenters. The van der Waals surface area contributed by atoms with Crippen LogP contribution in [0.2, 0.25) is 0 Å². The molecular weight excluding hydrogens is 1220 g/mol. The average molecular weight is 1330 g/mol. The minimum Gasteiger partial charge on any atom is -0.480 e. The van der Waals surface area contributed by atoms with Crippen molar-refractivity contribution in [3.63, 3.8) is 0 Å². The highest BCUT2D eigenvalue weighted by Gasteiger charge is 2.36. The fourth-order valence-corrected chi connectivity index (χ4v) is 8.41. The molecule has 42 nitrogen and oxygen atoms in total. The number of primary amides is 2. The van der Waals surface area contributed by atoms with Gasteiger partial charge in [0.25, 0.3) is 0 Å². The van der Waals surface area contributed by atoms with E-state index in [0.29, 0.717) is 19.3 Å². The molecule has 0 fully saturated rings. The Kier molecular flexibility index (Phi) is 41.6. The fourth-order valence-electron chi connectivity index (χ4n) is 8.41. The van der Waals surface area contributed by atoms with Gasteiger partial charge in [-0.1, -0.05) is 0 Å². The summed E-state index contributed by atoms with van der Waals surface area (Å²) in [7, 11) is 0. The van der Waals surface area contributed by atoms with Crippen LogP contribution in [0.4, 0.5) is 0 Å². The summed E-state index contributed by atoms with van der Waals surface area (Å²) in [5.74, 6) is -13.2. The summed E-state index contributed by atoms with van der Waals surface area (Å²) in [5, 5.41) is 29.8. The molecule has 41 N–H and O–H groups in total. The number of carbonyl (C=O) groups excluding carboxylic acids is 10. The maximum atomic E-state index is 14.6. The van der Waals surface area contributed by atoms with Gasteiger partial charge in [0.1, 0.15) is 48.3 Å². The molecule has 0 aliphatic carbocycles. The first-order valence-electron chi connectivity index (χ1n) is 29.8. The van der Waals surface area contributed by atoms with Gasteiger partial charge in [0.15, 0.2) is 35.8 Å². The Hall–Kier alpha value is -10.3. The summed E-state index contributed by atoms with van der Waals surface area (Å²) in [6.07, 6.45) is -1.74. The van der Waals surface area contributed by atoms with Crippen LogP contribution in [0.25, 0.3) is 0 Å². The lowest BCUT2D eigenvalue weighted by Crippen LogP contribution is -2.60. The predicted octanol–water partition coefficient (Wildman–Crippen LogP) is -12.1. The number of guanidine groups is 6. The maximum Gasteiger partial charge on any atom is 0.326 e. The summed E-state index contributed by atoms with van der Waals surface area (Å²) in [4.78, 5) is 173. The molecule has 0 aromatic carbocycles. The number of carboxylic acids is 1. The topological polar surface area (TPSA) is 795 Å². The summed E-state index contributed by atoms with van der Waals surface area (Å²) < 4.78 is 0. The Bertz CT molecular complexity index is 2610. The van der Waals surface area contributed by atoms with E-state index < -0.39 is 139 Å². The van der Waals surface area contributed by atoms with Gasteiger partial charge in [0, 0.05) is 45.7 Å². The third kappa shape index (κ3) is 40.2. The lowest BCUT2D eigenvalue weighted by atomic mass is 10.0. The van der Waals surface area contributed by atoms with Gasteiger partial charge in [-0.3, -0.25) is 77.9 Å². The van der Waals surface area contributed by atoms with Crippen LogP contribution in [0.1, 0.15) is 116 Å². The third-order valence-corrected chi connectivity index (χ3v) is 13.1. The van der Waals surface area contributed by atoms with Crippen LogP contribution in [-0.4, -0.2) is 206 Å². The number of rotatable bonds is 50. The van der Waals surface area contributed by atoms with Gasteiger partial charge in [0.2, 0.25) is 59.1 Å². The molecule has 10 amide bonds. The van der Waals surface area contributed by atoms with E-state index in [1.54, 1.807) is 0 Å². The van der Waals surface area contributed by atoms with E-state index in [9.17, 15) is 57.8 Å². The first-order valence-corrected chi connectivity index (χ1v) is 29.8. The van der Waals surface area contributed by atoms with Crippen LogP contribution >= 0.6 is 0 Å². The lowest BCUT2D eigenvalue weighted by molar-refractivity contribution is -0.142. The first-order chi connectivity index (χ1) is 43.8. The van der Waals surface area contributed by atoms with Gasteiger partial charge in [-0.05, 0) is 109 Å². The highest BCUT2D eigenvalue weighted by atomic mass is 16.4. The smallest absolute Gasteiger partial charge is 0.326 e. The molecule has 0 aliphatic rings. The summed E-state index contributed by atoms with van der Waals surface area (Å²) in [5.41, 5.74) is 88.3. The molecule has 0 saturated carbocycles. The number of nitrogens with two attached hydrogens (primary N) is 16. The molecule has 0 aliphatic heterocycles. The second kappa shape index (κ2) is 46.7. The highest BCUT2D eigenvalue weighted by Crippen LogP contribution is 2.12. The van der Waals surface area contributed by atoms with Gasteiger partial charge in [-0.25, -0.2) is 4.79 Å². The summed E-state index contributed by atoms with van der Waals surface area (Å²) in [6, 6.07) is -13.8. The third-order valence-electron chi connectivity index (χ3n) is 13.1. The van der Waals surface area contributed by atoms with E-state index in [0.717, 1.165) is 0 Å². The number of carboxylic acid groups (broad SMARTS) is 1. The van der Waals surface area contributed by atoms with Crippen molar-refractivity contribution >= 4 is 101 Å². The van der Waals surface area contributed by atoms with E-state index in [4.69, 9.17) is 91.7 Å². The van der Waals surface area contributed by atoms with E-state index in [1.807, 2.05) is 0 Å². The van der Waals surface area contributed by atoms with E-state index in [-0.39, 0.29) is 159 Å². The molecule has 9 atom stereocenters. The summed E-state index contributed by atoms with van der Waals surface area (Å²) in [6.45, 7) is 0.0851. The lowest BCUT2D eigenvalue weighted by Gasteiger charge is -2.28. The number of aliphatic imine (C=N–C) groups is 6. The Morgan fingerprint density at radius 2 is 0.527 bits per heavy atom. The molecule has 0 radical (unpaired) electrons. The quantitative estimate of drug-likeness (QED) is 0.0153. The zero-order valence-electron chi connectivity index (χ0n) is 52.2. The van der Waals surface area contributed by atoms with Gasteiger partial charge in [-0.2, -0.15) is 0 Å². The number of carbonyl (C=O) groups is 11.